The van der Waals surface area contributed by atoms with Crippen LogP contribution in [-0.4, -0.2) is 35.2 Å². The third-order valence-corrected chi connectivity index (χ3v) is 3.57. The van der Waals surface area contributed by atoms with Crippen molar-refractivity contribution in [2.24, 2.45) is 0 Å². The molecule has 0 fully saturated rings. The summed E-state index contributed by atoms with van der Waals surface area (Å²) < 4.78 is 5.06. The van der Waals surface area contributed by atoms with Crippen molar-refractivity contribution >= 4 is 22.7 Å². The summed E-state index contributed by atoms with van der Waals surface area (Å²) in [6.45, 7) is 3.29. The van der Waals surface area contributed by atoms with Crippen molar-refractivity contribution in [1.29, 1.82) is 0 Å². The lowest BCUT2D eigenvalue weighted by atomic mass is 10.0. The second kappa shape index (κ2) is 6.03. The van der Waals surface area contributed by atoms with Gasteiger partial charge in [-0.05, 0) is 36.2 Å². The molecule has 3 rings (SSSR count). The van der Waals surface area contributed by atoms with Crippen LogP contribution >= 0.6 is 0 Å². The number of rotatable bonds is 5. The third kappa shape index (κ3) is 2.73. The van der Waals surface area contributed by atoms with E-state index in [4.69, 9.17) is 10.5 Å². The van der Waals surface area contributed by atoms with Crippen molar-refractivity contribution in [3.63, 3.8) is 0 Å². The number of aromatic nitrogens is 3. The Morgan fingerprint density at radius 3 is 3.00 bits per heavy atom. The lowest BCUT2D eigenvalue weighted by Crippen LogP contribution is -2.09. The van der Waals surface area contributed by atoms with E-state index in [1.165, 1.54) is 0 Å². The summed E-state index contributed by atoms with van der Waals surface area (Å²) in [4.78, 5) is 12.0. The molecular weight excluding hydrogens is 278 g/mol. The molecule has 0 aliphatic heterocycles. The fraction of sp³-hybridized carbons (Fsp3) is 0.250. The smallest absolute Gasteiger partial charge is 0.140 e. The zero-order valence-corrected chi connectivity index (χ0v) is 12.7. The SMILES string of the molecule is COCCNc1cc(-c2cnc(N)c(C)c2)c2cc[nH]c2n1. The van der Waals surface area contributed by atoms with Crippen LogP contribution in [0.4, 0.5) is 11.6 Å². The third-order valence-electron chi connectivity index (χ3n) is 3.57. The number of nitrogens with one attached hydrogen (secondary N) is 2. The van der Waals surface area contributed by atoms with Gasteiger partial charge in [0.15, 0.2) is 0 Å². The summed E-state index contributed by atoms with van der Waals surface area (Å²) in [5.74, 6) is 1.36. The lowest BCUT2D eigenvalue weighted by Gasteiger charge is -2.10. The van der Waals surface area contributed by atoms with Gasteiger partial charge in [0.2, 0.25) is 0 Å². The van der Waals surface area contributed by atoms with Gasteiger partial charge in [-0.15, -0.1) is 0 Å². The first kappa shape index (κ1) is 14.3. The van der Waals surface area contributed by atoms with Crippen molar-refractivity contribution in [2.45, 2.75) is 6.92 Å². The zero-order chi connectivity index (χ0) is 15.5. The predicted molar refractivity (Wildman–Crippen MR) is 88.8 cm³/mol. The Morgan fingerprint density at radius 1 is 1.36 bits per heavy atom. The van der Waals surface area contributed by atoms with Crippen LogP contribution in [0.2, 0.25) is 0 Å². The Hall–Kier alpha value is -2.60. The molecule has 0 bridgehead atoms. The minimum absolute atomic E-state index is 0.557. The van der Waals surface area contributed by atoms with Gasteiger partial charge in [0.05, 0.1) is 6.61 Å². The number of nitrogen functional groups attached to an aromatic ring is 1. The summed E-state index contributed by atoms with van der Waals surface area (Å²) in [6.07, 6.45) is 3.68. The van der Waals surface area contributed by atoms with Gasteiger partial charge >= 0.3 is 0 Å². The highest BCUT2D eigenvalue weighted by Crippen LogP contribution is 2.30. The number of methoxy groups -OCH3 is 1. The molecule has 114 valence electrons. The molecule has 4 N–H and O–H groups in total. The van der Waals surface area contributed by atoms with Crippen LogP contribution in [0.3, 0.4) is 0 Å². The topological polar surface area (TPSA) is 88.9 Å². The second-order valence-corrected chi connectivity index (χ2v) is 5.14. The quantitative estimate of drug-likeness (QED) is 0.630. The Morgan fingerprint density at radius 2 is 2.23 bits per heavy atom. The molecule has 0 amide bonds. The summed E-state index contributed by atoms with van der Waals surface area (Å²) in [5.41, 5.74) is 9.71. The summed E-state index contributed by atoms with van der Waals surface area (Å²) in [5, 5.41) is 4.32. The molecule has 3 heterocycles. The Balaban J connectivity index is 2.06. The first-order valence-electron chi connectivity index (χ1n) is 7.12. The number of hydrogen-bond donors (Lipinski definition) is 3. The number of hydrogen-bond acceptors (Lipinski definition) is 5. The summed E-state index contributed by atoms with van der Waals surface area (Å²) in [7, 11) is 1.68. The van der Waals surface area contributed by atoms with Crippen LogP contribution in [-0.2, 0) is 4.74 Å². The molecule has 0 spiro atoms. The van der Waals surface area contributed by atoms with E-state index >= 15 is 0 Å². The maximum absolute atomic E-state index is 5.81. The predicted octanol–water partition coefficient (Wildman–Crippen LogP) is 2.57. The molecule has 0 atom stereocenters. The zero-order valence-electron chi connectivity index (χ0n) is 12.7. The van der Waals surface area contributed by atoms with Crippen molar-refractivity contribution in [1.82, 2.24) is 15.0 Å². The number of nitrogens with two attached hydrogens (primary N) is 1. The van der Waals surface area contributed by atoms with Gasteiger partial charge in [-0.3, -0.25) is 0 Å². The average Bonchev–Trinajstić information content (AvgIpc) is 2.98. The van der Waals surface area contributed by atoms with Gasteiger partial charge in [0, 0.05) is 37.0 Å². The van der Waals surface area contributed by atoms with Crippen LogP contribution in [0.5, 0.6) is 0 Å². The van der Waals surface area contributed by atoms with Crippen LogP contribution in [0.15, 0.2) is 30.6 Å². The molecular formula is C16H19N5O. The molecule has 0 saturated carbocycles. The standard InChI is InChI=1S/C16H19N5O/c1-10-7-11(9-20-15(10)17)13-8-14(18-5-6-22-2)21-16-12(13)3-4-19-16/h3-4,7-9H,5-6H2,1-2H3,(H2,17,20)(H2,18,19,21). The van der Waals surface area contributed by atoms with E-state index in [-0.39, 0.29) is 0 Å². The van der Waals surface area contributed by atoms with Crippen molar-refractivity contribution < 1.29 is 4.74 Å². The van der Waals surface area contributed by atoms with E-state index in [0.29, 0.717) is 19.0 Å². The maximum atomic E-state index is 5.81. The van der Waals surface area contributed by atoms with Crippen molar-refractivity contribution in [2.75, 3.05) is 31.3 Å². The van der Waals surface area contributed by atoms with Gasteiger partial charge in [0.1, 0.15) is 17.3 Å². The molecule has 22 heavy (non-hydrogen) atoms. The van der Waals surface area contributed by atoms with Gasteiger partial charge in [-0.2, -0.15) is 0 Å². The minimum Gasteiger partial charge on any atom is -0.383 e. The Bertz CT molecular complexity index is 796. The highest BCUT2D eigenvalue weighted by atomic mass is 16.5. The van der Waals surface area contributed by atoms with Crippen molar-refractivity contribution in [3.8, 4) is 11.1 Å². The number of anilines is 2. The van der Waals surface area contributed by atoms with E-state index in [1.807, 2.05) is 31.3 Å². The summed E-state index contributed by atoms with van der Waals surface area (Å²) >= 11 is 0. The normalized spacial score (nSPS) is 11.0. The van der Waals surface area contributed by atoms with Gasteiger partial charge in [-0.1, -0.05) is 0 Å². The molecule has 0 aliphatic carbocycles. The first-order chi connectivity index (χ1) is 10.7. The van der Waals surface area contributed by atoms with Crippen molar-refractivity contribution in [3.05, 3.63) is 36.2 Å². The van der Waals surface area contributed by atoms with Gasteiger partial charge < -0.3 is 20.8 Å². The molecule has 0 radical (unpaired) electrons. The Kier molecular flexibility index (Phi) is 3.93. The van der Waals surface area contributed by atoms with E-state index in [9.17, 15) is 0 Å². The molecule has 0 unspecified atom stereocenters. The number of pyridine rings is 2. The molecule has 6 heteroatoms. The highest BCUT2D eigenvalue weighted by molar-refractivity contribution is 5.94. The van der Waals surface area contributed by atoms with Crippen LogP contribution in [0, 0.1) is 6.92 Å². The first-order valence-corrected chi connectivity index (χ1v) is 7.12. The van der Waals surface area contributed by atoms with Crippen LogP contribution in [0.25, 0.3) is 22.2 Å². The lowest BCUT2D eigenvalue weighted by molar-refractivity contribution is 0.210. The van der Waals surface area contributed by atoms with Gasteiger partial charge in [-0.25, -0.2) is 9.97 Å². The van der Waals surface area contributed by atoms with E-state index in [0.717, 1.165) is 33.5 Å². The number of nitrogens with zero attached hydrogens (tertiary/aromatic N) is 2. The fourth-order valence-corrected chi connectivity index (χ4v) is 2.38. The molecule has 3 aromatic rings. The van der Waals surface area contributed by atoms with E-state index < -0.39 is 0 Å². The van der Waals surface area contributed by atoms with E-state index in [1.54, 1.807) is 13.3 Å². The average molecular weight is 297 g/mol. The molecule has 6 nitrogen and oxygen atoms in total. The molecule has 3 aromatic heterocycles. The van der Waals surface area contributed by atoms with Gasteiger partial charge in [0.25, 0.3) is 0 Å². The molecule has 0 saturated heterocycles. The van der Waals surface area contributed by atoms with Crippen LogP contribution in [0.1, 0.15) is 5.56 Å². The number of ether oxygens (including phenoxy) is 1. The fourth-order valence-electron chi connectivity index (χ4n) is 2.38. The molecule has 0 aromatic carbocycles. The highest BCUT2D eigenvalue weighted by Gasteiger charge is 2.10. The number of aromatic amines is 1. The second-order valence-electron chi connectivity index (χ2n) is 5.14. The van der Waals surface area contributed by atoms with Crippen LogP contribution < -0.4 is 11.1 Å². The monoisotopic (exact) mass is 297 g/mol. The Labute approximate surface area is 128 Å². The number of aryl methyl sites for hydroxylation is 1. The number of fused-ring (bicyclic) bond motifs is 1. The largest absolute Gasteiger partial charge is 0.383 e. The number of H-pyrrole nitrogens is 1. The minimum atomic E-state index is 0.557. The van der Waals surface area contributed by atoms with E-state index in [2.05, 4.69) is 20.3 Å². The maximum Gasteiger partial charge on any atom is 0.140 e. The molecule has 0 aliphatic rings. The summed E-state index contributed by atoms with van der Waals surface area (Å²) in [6, 6.07) is 6.09.